The Morgan fingerprint density at radius 1 is 0.778 bits per heavy atom. The van der Waals surface area contributed by atoms with Gasteiger partial charge in [0.05, 0.1) is 18.9 Å². The van der Waals surface area contributed by atoms with Gasteiger partial charge < -0.3 is 26.8 Å². The third kappa shape index (κ3) is 21.5. The molecule has 3 aliphatic rings. The molecule has 12 heteroatoms. The van der Waals surface area contributed by atoms with E-state index in [1.54, 1.807) is 0 Å². The van der Waals surface area contributed by atoms with Gasteiger partial charge in [0.1, 0.15) is 0 Å². The molecule has 3 atom stereocenters. The maximum absolute atomic E-state index is 10.9. The van der Waals surface area contributed by atoms with Gasteiger partial charge in [-0.3, -0.25) is 14.4 Å². The molecule has 0 aromatic rings. The van der Waals surface area contributed by atoms with Crippen molar-refractivity contribution in [3.8, 4) is 0 Å². The zero-order valence-electron chi connectivity index (χ0n) is 18.2. The van der Waals surface area contributed by atoms with Crippen LogP contribution in [0.3, 0.4) is 0 Å². The molecule has 36 heavy (non-hydrogen) atoms. The van der Waals surface area contributed by atoms with Gasteiger partial charge in [-0.25, -0.2) is 13.1 Å². The zero-order chi connectivity index (χ0) is 23.3. The monoisotopic (exact) mass is 543 g/mol. The van der Waals surface area contributed by atoms with E-state index in [0.29, 0.717) is 32.4 Å². The van der Waals surface area contributed by atoms with Gasteiger partial charge in [0.15, 0.2) is 0 Å². The second kappa shape index (κ2) is 23.6. The summed E-state index contributed by atoms with van der Waals surface area (Å²) < 4.78 is 23.8. The van der Waals surface area contributed by atoms with Gasteiger partial charge in [-0.05, 0) is 38.5 Å². The van der Waals surface area contributed by atoms with Crippen LogP contribution in [-0.2, 0) is 24.4 Å². The Labute approximate surface area is 221 Å². The van der Waals surface area contributed by atoms with Gasteiger partial charge in [-0.1, -0.05) is 37.1 Å². The van der Waals surface area contributed by atoms with Crippen LogP contribution >= 0.6 is 0 Å². The number of nitrogens with one attached hydrogen (secondary N) is 4. The Morgan fingerprint density at radius 2 is 1.14 bits per heavy atom. The van der Waals surface area contributed by atoms with Crippen LogP contribution in [0.4, 0.5) is 0 Å². The van der Waals surface area contributed by atoms with E-state index in [1.165, 1.54) is 0 Å². The maximum atomic E-state index is 10.9. The van der Waals surface area contributed by atoms with Crippen molar-refractivity contribution in [3.63, 3.8) is 0 Å². The van der Waals surface area contributed by atoms with Crippen molar-refractivity contribution in [2.75, 3.05) is 26.0 Å². The van der Waals surface area contributed by atoms with Crippen LogP contribution in [-0.4, -0.2) is 75.3 Å². The lowest BCUT2D eigenvalue weighted by atomic mass is 10.1. The fraction of sp³-hybridized carbons (Fsp3) is 0.875. The Kier molecular flexibility index (Phi) is 29.0. The number of aliphatic hydroxyl groups excluding tert-OH is 1. The number of aliphatic hydroxyl groups is 1. The van der Waals surface area contributed by atoms with E-state index in [2.05, 4.69) is 20.7 Å². The smallest absolute Gasteiger partial charge is 0.220 e. The maximum Gasteiger partial charge on any atom is 0.220 e. The zero-order valence-corrected chi connectivity index (χ0v) is 19.0. The van der Waals surface area contributed by atoms with Crippen LogP contribution in [0.25, 0.3) is 0 Å². The number of amides is 3. The van der Waals surface area contributed by atoms with Crippen molar-refractivity contribution < 1.29 is 27.9 Å². The summed E-state index contributed by atoms with van der Waals surface area (Å²) in [6.45, 7) is 0.946. The molecule has 7 N–H and O–H groups in total. The van der Waals surface area contributed by atoms with Gasteiger partial charge in [-0.2, -0.15) is 0 Å². The number of rotatable bonds is 5. The quantitative estimate of drug-likeness (QED) is 0.305. The fourth-order valence-electron chi connectivity index (χ4n) is 3.36. The number of hydrogen-bond donors (Lipinski definition) is 6. The molecule has 3 fully saturated rings. The molecule has 11 nitrogen and oxygen atoms in total. The van der Waals surface area contributed by atoms with Crippen molar-refractivity contribution in [2.45, 2.75) is 113 Å². The summed E-state index contributed by atoms with van der Waals surface area (Å²) in [5.74, 6) is 0.226. The standard InChI is InChI=1S/C7H14N2O3S.C6H12N2O.C6H11NO2.5CH4/c1-13(11,12)8-5-6-3-2-4-7(10)9-6;7-4-5-2-1-3-6(9)8-5;8-4-5-2-1-3-6(9)7-5;;;;;/h6,8H,2-5H2,1H3,(H,9,10);5H,1-4,7H2,(H,8,9);5,8H,1-4H2,(H,7,9);5*1H4/t6-;2*5-;;;;;/m000...../s1. The van der Waals surface area contributed by atoms with E-state index in [9.17, 15) is 22.8 Å². The molecule has 0 bridgehead atoms. The first kappa shape index (κ1) is 44.2. The molecule has 0 spiro atoms. The Hall–Kier alpha value is -1.76. The molecule has 0 aromatic carbocycles. The molecule has 3 rings (SSSR count). The minimum absolute atomic E-state index is 0. The molecule has 0 radical (unpaired) electrons. The van der Waals surface area contributed by atoms with Crippen LogP contribution in [0.5, 0.6) is 0 Å². The third-order valence-electron chi connectivity index (χ3n) is 5.06. The number of sulfonamides is 1. The number of piperidine rings is 3. The summed E-state index contributed by atoms with van der Waals surface area (Å²) in [7, 11) is -3.14. The predicted molar refractivity (Wildman–Crippen MR) is 150 cm³/mol. The lowest BCUT2D eigenvalue weighted by Gasteiger charge is -2.22. The van der Waals surface area contributed by atoms with Crippen molar-refractivity contribution in [3.05, 3.63) is 0 Å². The summed E-state index contributed by atoms with van der Waals surface area (Å²) in [6, 6.07) is 0.216. The predicted octanol–water partition coefficient (Wildman–Crippen LogP) is 1.65. The van der Waals surface area contributed by atoms with Crippen molar-refractivity contribution in [1.82, 2.24) is 20.7 Å². The van der Waals surface area contributed by atoms with Gasteiger partial charge in [0.25, 0.3) is 0 Å². The van der Waals surface area contributed by atoms with Crippen LogP contribution < -0.4 is 26.4 Å². The van der Waals surface area contributed by atoms with E-state index in [4.69, 9.17) is 10.8 Å². The van der Waals surface area contributed by atoms with Crippen LogP contribution in [0.2, 0.25) is 0 Å². The summed E-state index contributed by atoms with van der Waals surface area (Å²) in [5.41, 5.74) is 5.35. The third-order valence-corrected chi connectivity index (χ3v) is 5.75. The van der Waals surface area contributed by atoms with E-state index in [-0.39, 0.29) is 79.6 Å². The summed E-state index contributed by atoms with van der Waals surface area (Å²) in [4.78, 5) is 32.2. The van der Waals surface area contributed by atoms with Crippen molar-refractivity contribution in [2.24, 2.45) is 5.73 Å². The Balaban J connectivity index is -0.000000127. The van der Waals surface area contributed by atoms with Gasteiger partial charge in [0, 0.05) is 44.4 Å². The van der Waals surface area contributed by atoms with Gasteiger partial charge in [-0.15, -0.1) is 0 Å². The van der Waals surface area contributed by atoms with Crippen LogP contribution in [0, 0.1) is 0 Å². The second-order valence-electron chi connectivity index (χ2n) is 8.01. The summed E-state index contributed by atoms with van der Waals surface area (Å²) in [5, 5.41) is 16.8. The van der Waals surface area contributed by atoms with E-state index < -0.39 is 10.0 Å². The Morgan fingerprint density at radius 3 is 1.44 bits per heavy atom. The first-order chi connectivity index (χ1) is 14.6. The number of carbonyl (C=O) groups is 3. The normalized spacial score (nSPS) is 22.5. The lowest BCUT2D eigenvalue weighted by molar-refractivity contribution is -0.124. The highest BCUT2D eigenvalue weighted by Crippen LogP contribution is 2.08. The molecular formula is C24H57N5O6S. The van der Waals surface area contributed by atoms with Crippen molar-refractivity contribution >= 4 is 27.7 Å². The molecule has 3 heterocycles. The minimum atomic E-state index is -3.14. The van der Waals surface area contributed by atoms with E-state index >= 15 is 0 Å². The molecule has 3 saturated heterocycles. The fourth-order valence-corrected chi connectivity index (χ4v) is 3.87. The minimum Gasteiger partial charge on any atom is -0.394 e. The molecule has 0 saturated carbocycles. The highest BCUT2D eigenvalue weighted by molar-refractivity contribution is 7.88. The van der Waals surface area contributed by atoms with Gasteiger partial charge >= 0.3 is 0 Å². The molecule has 0 unspecified atom stereocenters. The van der Waals surface area contributed by atoms with E-state index in [0.717, 1.165) is 44.8 Å². The molecule has 0 aromatic heterocycles. The first-order valence-electron chi connectivity index (χ1n) is 10.8. The highest BCUT2D eigenvalue weighted by Gasteiger charge is 2.19. The average Bonchev–Trinajstić information content (AvgIpc) is 2.73. The average molecular weight is 544 g/mol. The first-order valence-corrected chi connectivity index (χ1v) is 12.7. The number of nitrogens with two attached hydrogens (primary N) is 1. The topological polar surface area (TPSA) is 180 Å². The Bertz CT molecular complexity index is 662. The number of carbonyl (C=O) groups excluding carboxylic acids is 3. The number of hydrogen-bond acceptors (Lipinski definition) is 7. The van der Waals surface area contributed by atoms with Gasteiger partial charge in [0.2, 0.25) is 27.7 Å². The second-order valence-corrected chi connectivity index (χ2v) is 9.84. The highest BCUT2D eigenvalue weighted by atomic mass is 32.2. The molecule has 0 aliphatic carbocycles. The van der Waals surface area contributed by atoms with Crippen molar-refractivity contribution in [1.29, 1.82) is 0 Å². The largest absolute Gasteiger partial charge is 0.394 e. The van der Waals surface area contributed by atoms with E-state index in [1.807, 2.05) is 0 Å². The molecule has 220 valence electrons. The molecule has 3 aliphatic heterocycles. The van der Waals surface area contributed by atoms with Crippen LogP contribution in [0.1, 0.15) is 94.9 Å². The summed E-state index contributed by atoms with van der Waals surface area (Å²) >= 11 is 0. The SMILES string of the molecule is C.C.C.C.C.CS(=O)(=O)NC[C@@H]1CCCC(=O)N1.NC[C@@H]1CCCC(=O)N1.O=C1CCC[C@@H](CO)N1. The lowest BCUT2D eigenvalue weighted by Crippen LogP contribution is -2.45. The summed E-state index contributed by atoms with van der Waals surface area (Å²) in [6.07, 6.45) is 8.51. The molecular weight excluding hydrogens is 486 g/mol. The molecule has 3 amide bonds. The van der Waals surface area contributed by atoms with Crippen LogP contribution in [0.15, 0.2) is 0 Å².